The zero-order chi connectivity index (χ0) is 11.3. The number of rotatable bonds is 4. The molecule has 0 aliphatic carbocycles. The van der Waals surface area contributed by atoms with E-state index in [2.05, 4.69) is 4.74 Å². The van der Waals surface area contributed by atoms with Gasteiger partial charge < -0.3 is 9.84 Å². The van der Waals surface area contributed by atoms with Crippen LogP contribution in [0, 0.1) is 0 Å². The second-order valence-corrected chi connectivity index (χ2v) is 3.38. The van der Waals surface area contributed by atoms with Crippen LogP contribution in [0.4, 0.5) is 0 Å². The highest BCUT2D eigenvalue weighted by Crippen LogP contribution is 2.16. The van der Waals surface area contributed by atoms with Gasteiger partial charge in [-0.25, -0.2) is 0 Å². The minimum Gasteiger partial charge on any atom is -0.508 e. The van der Waals surface area contributed by atoms with Crippen LogP contribution in [-0.2, 0) is 16.1 Å². The van der Waals surface area contributed by atoms with E-state index in [-0.39, 0.29) is 18.3 Å². The van der Waals surface area contributed by atoms with Crippen molar-refractivity contribution in [1.29, 1.82) is 0 Å². The third-order valence-corrected chi connectivity index (χ3v) is 2.06. The second kappa shape index (κ2) is 5.36. The number of hydrogen-bond acceptors (Lipinski definition) is 4. The van der Waals surface area contributed by atoms with Crippen LogP contribution in [0.15, 0.2) is 24.3 Å². The minimum absolute atomic E-state index is 0.213. The molecular weight excluding hydrogens is 194 g/mol. The molecule has 0 saturated carbocycles. The van der Waals surface area contributed by atoms with Gasteiger partial charge in [-0.15, -0.1) is 0 Å². The SMILES string of the molecule is COC(=O)CN(C)Cc1ccccc1O. The average Bonchev–Trinajstić information content (AvgIpc) is 2.21. The molecular formula is C11H15NO3. The number of phenolic OH excluding ortho intramolecular Hbond substituents is 1. The smallest absolute Gasteiger partial charge is 0.319 e. The van der Waals surface area contributed by atoms with Gasteiger partial charge in [0.15, 0.2) is 0 Å². The lowest BCUT2D eigenvalue weighted by atomic mass is 10.2. The first-order valence-corrected chi connectivity index (χ1v) is 4.65. The predicted octanol–water partition coefficient (Wildman–Crippen LogP) is 0.997. The second-order valence-electron chi connectivity index (χ2n) is 3.38. The van der Waals surface area contributed by atoms with Crippen molar-refractivity contribution >= 4 is 5.97 Å². The lowest BCUT2D eigenvalue weighted by molar-refractivity contribution is -0.141. The Balaban J connectivity index is 2.55. The molecule has 0 saturated heterocycles. The number of para-hydroxylation sites is 1. The number of carbonyl (C=O) groups is 1. The summed E-state index contributed by atoms with van der Waals surface area (Å²) < 4.78 is 4.55. The maximum atomic E-state index is 11.0. The number of ether oxygens (including phenoxy) is 1. The van der Waals surface area contributed by atoms with Gasteiger partial charge in [0.05, 0.1) is 13.7 Å². The molecule has 0 aliphatic rings. The maximum absolute atomic E-state index is 11.0. The summed E-state index contributed by atoms with van der Waals surface area (Å²) in [6, 6.07) is 7.06. The molecule has 82 valence electrons. The lowest BCUT2D eigenvalue weighted by Gasteiger charge is -2.15. The van der Waals surface area contributed by atoms with E-state index in [0.29, 0.717) is 6.54 Å². The molecule has 1 aromatic carbocycles. The topological polar surface area (TPSA) is 49.8 Å². The average molecular weight is 209 g/mol. The number of nitrogens with zero attached hydrogens (tertiary/aromatic N) is 1. The van der Waals surface area contributed by atoms with E-state index in [1.54, 1.807) is 24.1 Å². The Bertz CT molecular complexity index is 338. The van der Waals surface area contributed by atoms with Crippen molar-refractivity contribution in [2.45, 2.75) is 6.54 Å². The van der Waals surface area contributed by atoms with Crippen molar-refractivity contribution in [3.05, 3.63) is 29.8 Å². The molecule has 0 unspecified atom stereocenters. The molecule has 1 rings (SSSR count). The van der Waals surface area contributed by atoms with Crippen molar-refractivity contribution in [3.8, 4) is 5.75 Å². The highest BCUT2D eigenvalue weighted by Gasteiger charge is 2.08. The summed E-state index contributed by atoms with van der Waals surface area (Å²) in [5, 5.41) is 9.51. The van der Waals surface area contributed by atoms with Crippen LogP contribution in [0.5, 0.6) is 5.75 Å². The third kappa shape index (κ3) is 3.59. The molecule has 0 atom stereocenters. The maximum Gasteiger partial charge on any atom is 0.319 e. The Morgan fingerprint density at radius 1 is 1.47 bits per heavy atom. The fourth-order valence-electron chi connectivity index (χ4n) is 1.28. The van der Waals surface area contributed by atoms with Gasteiger partial charge in [-0.1, -0.05) is 18.2 Å². The summed E-state index contributed by atoms with van der Waals surface area (Å²) in [5.74, 6) is -0.0397. The number of aromatic hydroxyl groups is 1. The van der Waals surface area contributed by atoms with Gasteiger partial charge in [-0.2, -0.15) is 0 Å². The molecule has 4 nitrogen and oxygen atoms in total. The molecule has 4 heteroatoms. The van der Waals surface area contributed by atoms with Crippen LogP contribution < -0.4 is 0 Å². The summed E-state index contributed by atoms with van der Waals surface area (Å²) in [4.78, 5) is 12.7. The molecule has 0 heterocycles. The first kappa shape index (κ1) is 11.5. The van der Waals surface area contributed by atoms with Gasteiger partial charge in [0.2, 0.25) is 0 Å². The fraction of sp³-hybridized carbons (Fsp3) is 0.364. The Morgan fingerprint density at radius 3 is 2.73 bits per heavy atom. The molecule has 1 aromatic rings. The Kier molecular flexibility index (Phi) is 4.12. The van der Waals surface area contributed by atoms with E-state index < -0.39 is 0 Å². The van der Waals surface area contributed by atoms with E-state index in [1.807, 2.05) is 12.1 Å². The van der Waals surface area contributed by atoms with E-state index in [4.69, 9.17) is 0 Å². The predicted molar refractivity (Wildman–Crippen MR) is 56.5 cm³/mol. The molecule has 0 aromatic heterocycles. The zero-order valence-corrected chi connectivity index (χ0v) is 8.93. The lowest BCUT2D eigenvalue weighted by Crippen LogP contribution is -2.26. The summed E-state index contributed by atoms with van der Waals surface area (Å²) >= 11 is 0. The van der Waals surface area contributed by atoms with E-state index in [1.165, 1.54) is 7.11 Å². The number of benzene rings is 1. The number of likely N-dealkylation sites (N-methyl/N-ethyl adjacent to an activating group) is 1. The van der Waals surface area contributed by atoms with Crippen LogP contribution in [0.25, 0.3) is 0 Å². The first-order valence-electron chi connectivity index (χ1n) is 4.65. The first-order chi connectivity index (χ1) is 7.13. The van der Waals surface area contributed by atoms with Crippen molar-refractivity contribution < 1.29 is 14.6 Å². The van der Waals surface area contributed by atoms with Crippen LogP contribution in [-0.4, -0.2) is 36.7 Å². The number of hydrogen-bond donors (Lipinski definition) is 1. The Labute approximate surface area is 89.1 Å². The van der Waals surface area contributed by atoms with Gasteiger partial charge in [0.1, 0.15) is 5.75 Å². The molecule has 0 amide bonds. The van der Waals surface area contributed by atoms with Gasteiger partial charge in [-0.3, -0.25) is 9.69 Å². The Hall–Kier alpha value is -1.55. The largest absolute Gasteiger partial charge is 0.508 e. The number of carbonyl (C=O) groups excluding carboxylic acids is 1. The Morgan fingerprint density at radius 2 is 2.13 bits per heavy atom. The summed E-state index contributed by atoms with van der Waals surface area (Å²) in [6.45, 7) is 0.729. The normalized spacial score (nSPS) is 10.3. The van der Waals surface area contributed by atoms with Crippen LogP contribution >= 0.6 is 0 Å². The molecule has 0 aliphatic heterocycles. The third-order valence-electron chi connectivity index (χ3n) is 2.06. The zero-order valence-electron chi connectivity index (χ0n) is 8.93. The quantitative estimate of drug-likeness (QED) is 0.751. The molecule has 1 N–H and O–H groups in total. The van der Waals surface area contributed by atoms with Gasteiger partial charge in [0, 0.05) is 12.1 Å². The van der Waals surface area contributed by atoms with E-state index in [0.717, 1.165) is 5.56 Å². The molecule has 0 radical (unpaired) electrons. The standard InChI is InChI=1S/C11H15NO3/c1-12(8-11(14)15-2)7-9-5-3-4-6-10(9)13/h3-6,13H,7-8H2,1-2H3. The van der Waals surface area contributed by atoms with Crippen LogP contribution in [0.1, 0.15) is 5.56 Å². The van der Waals surface area contributed by atoms with E-state index in [9.17, 15) is 9.90 Å². The van der Waals surface area contributed by atoms with Crippen molar-refractivity contribution in [2.75, 3.05) is 20.7 Å². The molecule has 15 heavy (non-hydrogen) atoms. The van der Waals surface area contributed by atoms with Gasteiger partial charge in [0.25, 0.3) is 0 Å². The number of esters is 1. The van der Waals surface area contributed by atoms with Crippen LogP contribution in [0.3, 0.4) is 0 Å². The minimum atomic E-state index is -0.284. The monoisotopic (exact) mass is 209 g/mol. The molecule has 0 fully saturated rings. The van der Waals surface area contributed by atoms with Gasteiger partial charge in [-0.05, 0) is 13.1 Å². The summed E-state index contributed by atoms with van der Waals surface area (Å²) in [5.41, 5.74) is 0.795. The fourth-order valence-corrected chi connectivity index (χ4v) is 1.28. The van der Waals surface area contributed by atoms with E-state index >= 15 is 0 Å². The molecule has 0 spiro atoms. The van der Waals surface area contributed by atoms with Crippen molar-refractivity contribution in [1.82, 2.24) is 4.90 Å². The highest BCUT2D eigenvalue weighted by molar-refractivity contribution is 5.71. The highest BCUT2D eigenvalue weighted by atomic mass is 16.5. The number of methoxy groups -OCH3 is 1. The summed E-state index contributed by atoms with van der Waals surface area (Å²) in [6.07, 6.45) is 0. The molecule has 0 bridgehead atoms. The number of phenols is 1. The van der Waals surface area contributed by atoms with Crippen molar-refractivity contribution in [3.63, 3.8) is 0 Å². The van der Waals surface area contributed by atoms with Crippen LogP contribution in [0.2, 0.25) is 0 Å². The summed E-state index contributed by atoms with van der Waals surface area (Å²) in [7, 11) is 3.15. The van der Waals surface area contributed by atoms with Gasteiger partial charge >= 0.3 is 5.97 Å². The van der Waals surface area contributed by atoms with Crippen molar-refractivity contribution in [2.24, 2.45) is 0 Å².